The van der Waals surface area contributed by atoms with Gasteiger partial charge in [0.25, 0.3) is 0 Å². The van der Waals surface area contributed by atoms with E-state index >= 15 is 0 Å². The van der Waals surface area contributed by atoms with E-state index in [0.29, 0.717) is 0 Å². The molecule has 0 spiro atoms. The van der Waals surface area contributed by atoms with Crippen molar-refractivity contribution in [1.29, 1.82) is 0 Å². The summed E-state index contributed by atoms with van der Waals surface area (Å²) in [5.74, 6) is -4.08. The molecule has 0 atom stereocenters. The maximum absolute atomic E-state index is 13.3. The minimum absolute atomic E-state index is 0.0920. The lowest BCUT2D eigenvalue weighted by molar-refractivity contribution is -0.138. The number of carboxylic acids is 1. The van der Waals surface area contributed by atoms with Crippen LogP contribution in [0.15, 0.2) is 30.0 Å². The maximum atomic E-state index is 13.3. The summed E-state index contributed by atoms with van der Waals surface area (Å²) in [6.45, 7) is 0. The van der Waals surface area contributed by atoms with E-state index in [0.717, 1.165) is 32.4 Å². The van der Waals surface area contributed by atoms with Gasteiger partial charge in [0.05, 0.1) is 25.9 Å². The van der Waals surface area contributed by atoms with Crippen molar-refractivity contribution in [2.24, 2.45) is 0 Å². The number of carbonyl (C=O) groups is 3. The van der Waals surface area contributed by atoms with Crippen LogP contribution in [-0.4, -0.2) is 37.2 Å². The minimum Gasteiger partial charge on any atom is -0.478 e. The van der Waals surface area contributed by atoms with Crippen LogP contribution in [0.1, 0.15) is 10.4 Å². The molecule has 112 valence electrons. The molecule has 0 amide bonds. The van der Waals surface area contributed by atoms with E-state index in [9.17, 15) is 18.8 Å². The van der Waals surface area contributed by atoms with Crippen molar-refractivity contribution in [3.63, 3.8) is 0 Å². The van der Waals surface area contributed by atoms with Gasteiger partial charge in [-0.25, -0.2) is 18.8 Å². The lowest BCUT2D eigenvalue weighted by Crippen LogP contribution is -2.16. The van der Waals surface area contributed by atoms with Crippen LogP contribution in [0.25, 0.3) is 0 Å². The number of hydrogen-bond acceptors (Lipinski definition) is 6. The van der Waals surface area contributed by atoms with Crippen LogP contribution in [-0.2, 0) is 19.1 Å². The lowest BCUT2D eigenvalue weighted by Gasteiger charge is -2.10. The Morgan fingerprint density at radius 2 is 1.90 bits per heavy atom. The molecule has 2 N–H and O–H groups in total. The Morgan fingerprint density at radius 1 is 1.24 bits per heavy atom. The third kappa shape index (κ3) is 4.30. The second-order valence-corrected chi connectivity index (χ2v) is 3.70. The van der Waals surface area contributed by atoms with Gasteiger partial charge in [-0.05, 0) is 18.2 Å². The number of nitrogens with one attached hydrogen (secondary N) is 1. The second-order valence-electron chi connectivity index (χ2n) is 3.70. The molecule has 0 aliphatic heterocycles. The van der Waals surface area contributed by atoms with E-state index in [1.54, 1.807) is 0 Å². The Balaban J connectivity index is 3.12. The molecular weight excluding hydrogens is 285 g/mol. The summed E-state index contributed by atoms with van der Waals surface area (Å²) in [5, 5.41) is 11.3. The average molecular weight is 297 g/mol. The van der Waals surface area contributed by atoms with Gasteiger partial charge in [-0.15, -0.1) is 0 Å². The molecule has 0 heterocycles. The van der Waals surface area contributed by atoms with Crippen LogP contribution >= 0.6 is 0 Å². The summed E-state index contributed by atoms with van der Waals surface area (Å²) >= 11 is 0. The summed E-state index contributed by atoms with van der Waals surface area (Å²) in [6, 6.07) is 3.10. The predicted octanol–water partition coefficient (Wildman–Crippen LogP) is 1.17. The van der Waals surface area contributed by atoms with E-state index in [2.05, 4.69) is 14.8 Å². The number of benzene rings is 1. The lowest BCUT2D eigenvalue weighted by atomic mass is 10.2. The van der Waals surface area contributed by atoms with E-state index in [4.69, 9.17) is 5.11 Å². The van der Waals surface area contributed by atoms with Crippen molar-refractivity contribution in [3.8, 4) is 0 Å². The van der Waals surface area contributed by atoms with Crippen LogP contribution in [0.4, 0.5) is 10.1 Å². The Bertz CT molecular complexity index is 611. The number of methoxy groups -OCH3 is 2. The SMILES string of the molecule is COC(=O)/C=C(/Nc1ccc(F)c(C(=O)O)c1)C(=O)OC. The second kappa shape index (κ2) is 7.04. The third-order valence-corrected chi connectivity index (χ3v) is 2.34. The molecule has 0 aromatic heterocycles. The zero-order valence-electron chi connectivity index (χ0n) is 11.2. The highest BCUT2D eigenvalue weighted by atomic mass is 19.1. The molecule has 0 saturated heterocycles. The number of carboxylic acid groups (broad SMARTS) is 1. The van der Waals surface area contributed by atoms with Gasteiger partial charge in [-0.2, -0.15) is 0 Å². The van der Waals surface area contributed by atoms with Gasteiger partial charge >= 0.3 is 17.9 Å². The van der Waals surface area contributed by atoms with Gasteiger partial charge in [0.15, 0.2) is 0 Å². The van der Waals surface area contributed by atoms with Crippen LogP contribution in [0.2, 0.25) is 0 Å². The number of hydrogen-bond donors (Lipinski definition) is 2. The molecule has 0 saturated carbocycles. The standard InChI is InChI=1S/C13H12FNO6/c1-20-11(16)6-10(13(19)21-2)15-7-3-4-9(14)8(5-7)12(17)18/h3-6,15H,1-2H3,(H,17,18)/b10-6+. The molecule has 0 fully saturated rings. The van der Waals surface area contributed by atoms with Gasteiger partial charge in [0.1, 0.15) is 11.5 Å². The van der Waals surface area contributed by atoms with Crippen LogP contribution in [0.3, 0.4) is 0 Å². The third-order valence-electron chi connectivity index (χ3n) is 2.34. The normalized spacial score (nSPS) is 10.7. The van der Waals surface area contributed by atoms with Gasteiger partial charge < -0.3 is 19.9 Å². The summed E-state index contributed by atoms with van der Waals surface area (Å²) in [7, 11) is 2.22. The Morgan fingerprint density at radius 3 is 2.43 bits per heavy atom. The molecule has 21 heavy (non-hydrogen) atoms. The highest BCUT2D eigenvalue weighted by molar-refractivity contribution is 5.99. The van der Waals surface area contributed by atoms with Crippen LogP contribution in [0.5, 0.6) is 0 Å². The topological polar surface area (TPSA) is 102 Å². The molecule has 0 radical (unpaired) electrons. The zero-order chi connectivity index (χ0) is 16.0. The number of halogens is 1. The Labute approximate surface area is 119 Å². The Kier molecular flexibility index (Phi) is 5.41. The number of rotatable bonds is 5. The zero-order valence-corrected chi connectivity index (χ0v) is 11.2. The smallest absolute Gasteiger partial charge is 0.354 e. The molecular formula is C13H12FNO6. The van der Waals surface area contributed by atoms with E-state index in [1.807, 2.05) is 0 Å². The molecule has 1 aromatic rings. The molecule has 7 nitrogen and oxygen atoms in total. The highest BCUT2D eigenvalue weighted by Gasteiger charge is 2.15. The summed E-state index contributed by atoms with van der Waals surface area (Å²) in [6.07, 6.45) is 0.829. The Hall–Kier alpha value is -2.90. The van der Waals surface area contributed by atoms with E-state index in [-0.39, 0.29) is 11.4 Å². The van der Waals surface area contributed by atoms with Crippen molar-refractivity contribution in [3.05, 3.63) is 41.4 Å². The van der Waals surface area contributed by atoms with Crippen molar-refractivity contribution in [2.45, 2.75) is 0 Å². The van der Waals surface area contributed by atoms with E-state index < -0.39 is 29.3 Å². The minimum atomic E-state index is -1.47. The van der Waals surface area contributed by atoms with Gasteiger partial charge in [0, 0.05) is 5.69 Å². The average Bonchev–Trinajstić information content (AvgIpc) is 2.46. The van der Waals surface area contributed by atoms with Crippen molar-refractivity contribution in [2.75, 3.05) is 19.5 Å². The first-order valence-electron chi connectivity index (χ1n) is 5.57. The molecule has 0 aliphatic rings. The molecule has 0 aliphatic carbocycles. The monoisotopic (exact) mass is 297 g/mol. The largest absolute Gasteiger partial charge is 0.478 e. The fourth-order valence-electron chi connectivity index (χ4n) is 1.36. The molecule has 1 rings (SSSR count). The number of esters is 2. The first-order chi connectivity index (χ1) is 9.88. The first kappa shape index (κ1) is 16.2. The van der Waals surface area contributed by atoms with Crippen molar-refractivity contribution >= 4 is 23.6 Å². The van der Waals surface area contributed by atoms with Gasteiger partial charge in [0.2, 0.25) is 0 Å². The first-order valence-corrected chi connectivity index (χ1v) is 5.57. The van der Waals surface area contributed by atoms with Crippen molar-refractivity contribution < 1.29 is 33.4 Å². The number of carbonyl (C=O) groups excluding carboxylic acids is 2. The summed E-state index contributed by atoms with van der Waals surface area (Å²) in [4.78, 5) is 33.5. The van der Waals surface area contributed by atoms with Crippen LogP contribution in [0, 0.1) is 5.82 Å². The fraction of sp³-hybridized carbons (Fsp3) is 0.154. The fourth-order valence-corrected chi connectivity index (χ4v) is 1.36. The predicted molar refractivity (Wildman–Crippen MR) is 69.1 cm³/mol. The summed E-state index contributed by atoms with van der Waals surface area (Å²) in [5.41, 5.74) is -0.774. The van der Waals surface area contributed by atoms with Gasteiger partial charge in [-0.1, -0.05) is 0 Å². The van der Waals surface area contributed by atoms with Crippen molar-refractivity contribution in [1.82, 2.24) is 0 Å². The highest BCUT2D eigenvalue weighted by Crippen LogP contribution is 2.17. The van der Waals surface area contributed by atoms with Gasteiger partial charge in [-0.3, -0.25) is 0 Å². The molecule has 0 bridgehead atoms. The molecule has 8 heteroatoms. The van der Waals surface area contributed by atoms with Crippen LogP contribution < -0.4 is 5.32 Å². The van der Waals surface area contributed by atoms with E-state index in [1.165, 1.54) is 6.07 Å². The number of anilines is 1. The molecule has 0 unspecified atom stereocenters. The quantitative estimate of drug-likeness (QED) is 0.621. The maximum Gasteiger partial charge on any atom is 0.354 e. The number of aromatic carboxylic acids is 1. The number of ether oxygens (including phenoxy) is 2. The summed E-state index contributed by atoms with van der Waals surface area (Å²) < 4.78 is 22.1. The molecule has 1 aromatic carbocycles.